The highest BCUT2D eigenvalue weighted by molar-refractivity contribution is 4.90. The van der Waals surface area contributed by atoms with E-state index in [1.54, 1.807) is 14.2 Å². The molecule has 0 spiro atoms. The summed E-state index contributed by atoms with van der Waals surface area (Å²) in [5, 5.41) is 3.65. The molecule has 0 bridgehead atoms. The van der Waals surface area contributed by atoms with Gasteiger partial charge in [0, 0.05) is 45.9 Å². The smallest absolute Gasteiger partial charge is 0.0971 e. The molecule has 20 heavy (non-hydrogen) atoms. The van der Waals surface area contributed by atoms with E-state index in [2.05, 4.69) is 44.8 Å². The maximum atomic E-state index is 5.52. The van der Waals surface area contributed by atoms with E-state index in [-0.39, 0.29) is 23.2 Å². The monoisotopic (exact) mass is 286 g/mol. The lowest BCUT2D eigenvalue weighted by Crippen LogP contribution is -2.47. The van der Waals surface area contributed by atoms with Gasteiger partial charge in [-0.15, -0.1) is 0 Å². The number of nitrogens with one attached hydrogen (secondary N) is 1. The lowest BCUT2D eigenvalue weighted by molar-refractivity contribution is -0.00461. The van der Waals surface area contributed by atoms with Gasteiger partial charge in [0.1, 0.15) is 0 Å². The summed E-state index contributed by atoms with van der Waals surface area (Å²) in [7, 11) is 3.56. The van der Waals surface area contributed by atoms with Crippen LogP contribution in [0.25, 0.3) is 0 Å². The summed E-state index contributed by atoms with van der Waals surface area (Å²) in [5.74, 6) is 0. The van der Waals surface area contributed by atoms with Crippen LogP contribution in [0.4, 0.5) is 0 Å². The van der Waals surface area contributed by atoms with E-state index in [9.17, 15) is 0 Å². The van der Waals surface area contributed by atoms with Gasteiger partial charge in [0.25, 0.3) is 0 Å². The van der Waals surface area contributed by atoms with Crippen molar-refractivity contribution in [3.63, 3.8) is 0 Å². The highest BCUT2D eigenvalue weighted by Gasteiger charge is 2.36. The fourth-order valence-corrected chi connectivity index (χ4v) is 2.71. The summed E-state index contributed by atoms with van der Waals surface area (Å²) < 4.78 is 11.0. The van der Waals surface area contributed by atoms with Crippen molar-refractivity contribution < 1.29 is 9.47 Å². The molecule has 0 aromatic heterocycles. The van der Waals surface area contributed by atoms with Crippen molar-refractivity contribution in [1.29, 1.82) is 0 Å². The molecule has 1 rings (SSSR count). The van der Waals surface area contributed by atoms with Gasteiger partial charge in [-0.1, -0.05) is 13.8 Å². The minimum absolute atomic E-state index is 0.172. The molecule has 4 heteroatoms. The van der Waals surface area contributed by atoms with Crippen molar-refractivity contribution in [3.05, 3.63) is 0 Å². The molecule has 3 atom stereocenters. The topological polar surface area (TPSA) is 33.7 Å². The Balaban J connectivity index is 2.55. The first-order chi connectivity index (χ1) is 9.23. The minimum Gasteiger partial charge on any atom is -0.377 e. The van der Waals surface area contributed by atoms with Gasteiger partial charge in [0.05, 0.1) is 12.2 Å². The Labute approximate surface area is 125 Å². The maximum absolute atomic E-state index is 5.52. The molecule has 1 saturated heterocycles. The van der Waals surface area contributed by atoms with E-state index in [1.165, 1.54) is 6.42 Å². The summed E-state index contributed by atoms with van der Waals surface area (Å²) >= 11 is 0. The quantitative estimate of drug-likeness (QED) is 0.777. The summed E-state index contributed by atoms with van der Waals surface area (Å²) in [4.78, 5) is 2.48. The van der Waals surface area contributed by atoms with Crippen molar-refractivity contribution in [2.75, 3.05) is 40.4 Å². The first kappa shape index (κ1) is 17.9. The number of hydrogen-bond donors (Lipinski definition) is 1. The Morgan fingerprint density at radius 2 is 1.55 bits per heavy atom. The molecule has 3 unspecified atom stereocenters. The van der Waals surface area contributed by atoms with Crippen LogP contribution in [0.1, 0.15) is 41.0 Å². The Hall–Kier alpha value is -0.160. The number of ether oxygens (including phenoxy) is 2. The summed E-state index contributed by atoms with van der Waals surface area (Å²) in [5.41, 5.74) is 0.458. The lowest BCUT2D eigenvalue weighted by Gasteiger charge is -2.36. The van der Waals surface area contributed by atoms with Crippen LogP contribution in [0.2, 0.25) is 0 Å². The van der Waals surface area contributed by atoms with Crippen molar-refractivity contribution >= 4 is 0 Å². The number of rotatable bonds is 7. The Morgan fingerprint density at radius 3 is 1.90 bits per heavy atom. The highest BCUT2D eigenvalue weighted by atomic mass is 16.5. The molecule has 120 valence electrons. The van der Waals surface area contributed by atoms with Crippen LogP contribution in [0.3, 0.4) is 0 Å². The molecule has 4 nitrogen and oxygen atoms in total. The summed E-state index contributed by atoms with van der Waals surface area (Å²) in [6, 6.07) is 0. The van der Waals surface area contributed by atoms with Gasteiger partial charge in [-0.2, -0.15) is 0 Å². The third-order valence-corrected chi connectivity index (χ3v) is 4.40. The number of nitrogens with zero attached hydrogens (tertiary/aromatic N) is 1. The molecule has 1 aliphatic heterocycles. The van der Waals surface area contributed by atoms with Gasteiger partial charge in [-0.25, -0.2) is 0 Å². The predicted molar refractivity (Wildman–Crippen MR) is 84.2 cm³/mol. The zero-order valence-electron chi connectivity index (χ0n) is 14.5. The molecule has 0 amide bonds. The Morgan fingerprint density at radius 1 is 1.05 bits per heavy atom. The van der Waals surface area contributed by atoms with Gasteiger partial charge in [-0.3, -0.25) is 4.90 Å². The van der Waals surface area contributed by atoms with E-state index < -0.39 is 0 Å². The largest absolute Gasteiger partial charge is 0.377 e. The van der Waals surface area contributed by atoms with E-state index >= 15 is 0 Å². The number of hydrogen-bond acceptors (Lipinski definition) is 4. The van der Waals surface area contributed by atoms with Gasteiger partial charge in [-0.05, 0) is 32.6 Å². The molecule has 0 aromatic carbocycles. The van der Waals surface area contributed by atoms with Crippen molar-refractivity contribution in [2.24, 2.45) is 5.41 Å². The van der Waals surface area contributed by atoms with Crippen molar-refractivity contribution in [3.8, 4) is 0 Å². The average Bonchev–Trinajstić information content (AvgIpc) is 2.77. The summed E-state index contributed by atoms with van der Waals surface area (Å²) in [6.45, 7) is 15.4. The van der Waals surface area contributed by atoms with Crippen LogP contribution in [0.5, 0.6) is 0 Å². The molecule has 1 fully saturated rings. The molecular weight excluding hydrogens is 252 g/mol. The predicted octanol–water partition coefficient (Wildman–Crippen LogP) is 2.14. The van der Waals surface area contributed by atoms with Gasteiger partial charge in [0.2, 0.25) is 0 Å². The van der Waals surface area contributed by atoms with Gasteiger partial charge >= 0.3 is 0 Å². The fourth-order valence-electron chi connectivity index (χ4n) is 2.71. The first-order valence-corrected chi connectivity index (χ1v) is 7.76. The lowest BCUT2D eigenvalue weighted by atomic mass is 9.86. The molecule has 0 radical (unpaired) electrons. The van der Waals surface area contributed by atoms with Crippen molar-refractivity contribution in [2.45, 2.75) is 58.8 Å². The normalized spacial score (nSPS) is 27.8. The average molecular weight is 286 g/mol. The van der Waals surface area contributed by atoms with Crippen LogP contribution >= 0.6 is 0 Å². The second-order valence-corrected chi connectivity index (χ2v) is 7.51. The summed E-state index contributed by atoms with van der Waals surface area (Å²) in [6.07, 6.45) is 1.58. The molecule has 0 aliphatic carbocycles. The fraction of sp³-hybridized carbons (Fsp3) is 1.00. The maximum Gasteiger partial charge on any atom is 0.0971 e. The molecule has 1 heterocycles. The minimum atomic E-state index is 0.172. The van der Waals surface area contributed by atoms with E-state index in [1.807, 2.05) is 0 Å². The third-order valence-electron chi connectivity index (χ3n) is 4.40. The van der Waals surface area contributed by atoms with Gasteiger partial charge < -0.3 is 14.8 Å². The van der Waals surface area contributed by atoms with Gasteiger partial charge in [0.15, 0.2) is 0 Å². The molecule has 0 aromatic rings. The molecular formula is C16H34N2O2. The van der Waals surface area contributed by atoms with E-state index in [0.29, 0.717) is 0 Å². The standard InChI is InChI=1S/C16H34N2O2/c1-8-16(5,11-17-15(2,3)4)12-18-9-13(19-6)14(10-18)20-7/h13-14,17H,8-12H2,1-7H3. The number of methoxy groups -OCH3 is 2. The van der Waals surface area contributed by atoms with Crippen LogP contribution < -0.4 is 5.32 Å². The second-order valence-electron chi connectivity index (χ2n) is 7.51. The van der Waals surface area contributed by atoms with Crippen LogP contribution in [-0.2, 0) is 9.47 Å². The third kappa shape index (κ3) is 5.32. The van der Waals surface area contributed by atoms with E-state index in [4.69, 9.17) is 9.47 Å². The van der Waals surface area contributed by atoms with Crippen LogP contribution in [0.15, 0.2) is 0 Å². The van der Waals surface area contributed by atoms with E-state index in [0.717, 1.165) is 26.2 Å². The Bertz CT molecular complexity index is 279. The van der Waals surface area contributed by atoms with Crippen LogP contribution in [-0.4, -0.2) is 63.0 Å². The second kappa shape index (κ2) is 7.21. The molecule has 1 aliphatic rings. The highest BCUT2D eigenvalue weighted by Crippen LogP contribution is 2.26. The number of likely N-dealkylation sites (tertiary alicyclic amines) is 1. The Kier molecular flexibility index (Phi) is 6.45. The zero-order chi connectivity index (χ0) is 15.4. The first-order valence-electron chi connectivity index (χ1n) is 7.76. The van der Waals surface area contributed by atoms with Crippen LogP contribution in [0, 0.1) is 5.41 Å². The zero-order valence-corrected chi connectivity index (χ0v) is 14.5. The molecule has 0 saturated carbocycles. The SMILES string of the molecule is CCC(C)(CNC(C)(C)C)CN1CC(OC)C(OC)C1. The van der Waals surface area contributed by atoms with Crippen molar-refractivity contribution in [1.82, 2.24) is 10.2 Å². The molecule has 1 N–H and O–H groups in total.